The molecule has 0 radical (unpaired) electrons. The predicted octanol–water partition coefficient (Wildman–Crippen LogP) is 1.82. The van der Waals surface area contributed by atoms with Crippen LogP contribution in [-0.4, -0.2) is 52.7 Å². The first-order valence-electron chi connectivity index (χ1n) is 9.73. The van der Waals surface area contributed by atoms with E-state index < -0.39 is 23.2 Å². The van der Waals surface area contributed by atoms with E-state index in [1.54, 1.807) is 43.5 Å². The van der Waals surface area contributed by atoms with Crippen molar-refractivity contribution in [2.24, 2.45) is 10.2 Å². The SMILES string of the molecule is COc1ccc(/C=N\N=C2NC(=O)[C@H](CC(=O)N[C@H](Cc3ccccc3)C(=O)O)S2)cc1. The maximum Gasteiger partial charge on any atom is 0.326 e. The van der Waals surface area contributed by atoms with E-state index in [1.165, 1.54) is 6.21 Å². The Bertz CT molecular complexity index is 1020. The number of hydrogen-bond acceptors (Lipinski definition) is 7. The molecular formula is C22H22N4O5S. The summed E-state index contributed by atoms with van der Waals surface area (Å²) in [5, 5.41) is 22.0. The van der Waals surface area contributed by atoms with E-state index in [1.807, 2.05) is 18.2 Å². The van der Waals surface area contributed by atoms with Gasteiger partial charge in [-0.3, -0.25) is 9.59 Å². The molecule has 3 rings (SSSR count). The van der Waals surface area contributed by atoms with Crippen molar-refractivity contribution in [3.05, 3.63) is 65.7 Å². The fraction of sp³-hybridized carbons (Fsp3) is 0.227. The Balaban J connectivity index is 1.53. The molecule has 9 nitrogen and oxygen atoms in total. The van der Waals surface area contributed by atoms with Gasteiger partial charge in [-0.2, -0.15) is 5.10 Å². The number of benzene rings is 2. The number of methoxy groups -OCH3 is 1. The third kappa shape index (κ3) is 6.67. The van der Waals surface area contributed by atoms with Crippen molar-refractivity contribution >= 4 is 40.9 Å². The van der Waals surface area contributed by atoms with Crippen LogP contribution in [0.15, 0.2) is 64.8 Å². The highest BCUT2D eigenvalue weighted by Crippen LogP contribution is 2.22. The van der Waals surface area contributed by atoms with Crippen LogP contribution in [0, 0.1) is 0 Å². The summed E-state index contributed by atoms with van der Waals surface area (Å²) in [6.45, 7) is 0. The molecule has 1 saturated heterocycles. The van der Waals surface area contributed by atoms with Crippen LogP contribution in [0.4, 0.5) is 0 Å². The van der Waals surface area contributed by atoms with Gasteiger partial charge in [0, 0.05) is 12.8 Å². The molecule has 10 heteroatoms. The zero-order valence-corrected chi connectivity index (χ0v) is 18.0. The van der Waals surface area contributed by atoms with Gasteiger partial charge in [0.1, 0.15) is 17.0 Å². The summed E-state index contributed by atoms with van der Waals surface area (Å²) in [6.07, 6.45) is 1.51. The Kier molecular flexibility index (Phi) is 7.98. The molecule has 2 aromatic rings. The Hall–Kier alpha value is -3.66. The van der Waals surface area contributed by atoms with Gasteiger partial charge in [-0.15, -0.1) is 5.10 Å². The first-order chi connectivity index (χ1) is 15.4. The molecular weight excluding hydrogens is 432 g/mol. The lowest BCUT2D eigenvalue weighted by atomic mass is 10.1. The molecule has 0 aromatic heterocycles. The zero-order chi connectivity index (χ0) is 22.9. The second-order valence-corrected chi connectivity index (χ2v) is 8.06. The van der Waals surface area contributed by atoms with Gasteiger partial charge in [0.2, 0.25) is 11.8 Å². The topological polar surface area (TPSA) is 129 Å². The molecule has 0 aliphatic carbocycles. The molecule has 1 aliphatic heterocycles. The third-order valence-corrected chi connectivity index (χ3v) is 5.61. The van der Waals surface area contributed by atoms with Crippen molar-refractivity contribution in [2.75, 3.05) is 7.11 Å². The van der Waals surface area contributed by atoms with Gasteiger partial charge in [0.15, 0.2) is 5.17 Å². The van der Waals surface area contributed by atoms with Crippen molar-refractivity contribution < 1.29 is 24.2 Å². The number of amidine groups is 1. The number of nitrogens with zero attached hydrogens (tertiary/aromatic N) is 2. The van der Waals surface area contributed by atoms with Gasteiger partial charge < -0.3 is 20.5 Å². The number of carboxylic acid groups (broad SMARTS) is 1. The van der Waals surface area contributed by atoms with Crippen molar-refractivity contribution in [2.45, 2.75) is 24.1 Å². The maximum atomic E-state index is 12.4. The lowest BCUT2D eigenvalue weighted by molar-refractivity contribution is -0.141. The standard InChI is InChI=1S/C22H22N4O5S/c1-31-16-9-7-15(8-10-16)13-23-26-22-25-20(28)18(32-22)12-19(27)24-17(21(29)30)11-14-5-3-2-4-6-14/h2-10,13,17-18H,11-12H2,1H3,(H,24,27)(H,29,30)(H,25,26,28)/b23-13-/t17-,18+/m1/s1. The van der Waals surface area contributed by atoms with Crippen LogP contribution in [0.5, 0.6) is 5.75 Å². The lowest BCUT2D eigenvalue weighted by Gasteiger charge is -2.15. The van der Waals surface area contributed by atoms with Crippen LogP contribution in [0.2, 0.25) is 0 Å². The van der Waals surface area contributed by atoms with Crippen LogP contribution in [-0.2, 0) is 20.8 Å². The smallest absolute Gasteiger partial charge is 0.326 e. The van der Waals surface area contributed by atoms with E-state index in [2.05, 4.69) is 20.8 Å². The van der Waals surface area contributed by atoms with E-state index in [4.69, 9.17) is 4.74 Å². The Morgan fingerprint density at radius 2 is 1.94 bits per heavy atom. The third-order valence-electron chi connectivity index (χ3n) is 4.53. The highest BCUT2D eigenvalue weighted by atomic mass is 32.2. The number of hydrogen-bond donors (Lipinski definition) is 3. The lowest BCUT2D eigenvalue weighted by Crippen LogP contribution is -2.43. The highest BCUT2D eigenvalue weighted by Gasteiger charge is 2.33. The Morgan fingerprint density at radius 1 is 1.22 bits per heavy atom. The van der Waals surface area contributed by atoms with Crippen molar-refractivity contribution in [1.29, 1.82) is 0 Å². The predicted molar refractivity (Wildman–Crippen MR) is 122 cm³/mol. The van der Waals surface area contributed by atoms with E-state index in [0.29, 0.717) is 0 Å². The number of amides is 2. The van der Waals surface area contributed by atoms with Crippen LogP contribution in [0.1, 0.15) is 17.5 Å². The molecule has 1 aliphatic rings. The van der Waals surface area contributed by atoms with Gasteiger partial charge in [0.05, 0.1) is 13.3 Å². The first-order valence-corrected chi connectivity index (χ1v) is 10.6. The summed E-state index contributed by atoms with van der Waals surface area (Å²) in [7, 11) is 1.58. The summed E-state index contributed by atoms with van der Waals surface area (Å²) in [5.74, 6) is -1.31. The van der Waals surface area contributed by atoms with Crippen molar-refractivity contribution in [1.82, 2.24) is 10.6 Å². The molecule has 32 heavy (non-hydrogen) atoms. The molecule has 0 bridgehead atoms. The molecule has 2 aromatic carbocycles. The van der Waals surface area contributed by atoms with Gasteiger partial charge in [-0.25, -0.2) is 4.79 Å². The zero-order valence-electron chi connectivity index (χ0n) is 17.2. The molecule has 0 saturated carbocycles. The molecule has 1 fully saturated rings. The number of carboxylic acids is 1. The average Bonchev–Trinajstić information content (AvgIpc) is 3.13. The number of aliphatic carboxylic acids is 1. The van der Waals surface area contributed by atoms with Crippen LogP contribution in [0.25, 0.3) is 0 Å². The van der Waals surface area contributed by atoms with Crippen molar-refractivity contribution in [3.63, 3.8) is 0 Å². The van der Waals surface area contributed by atoms with Gasteiger partial charge in [-0.1, -0.05) is 42.1 Å². The number of thioether (sulfide) groups is 1. The highest BCUT2D eigenvalue weighted by molar-refractivity contribution is 8.15. The second-order valence-electron chi connectivity index (χ2n) is 6.87. The Labute approximate surface area is 189 Å². The summed E-state index contributed by atoms with van der Waals surface area (Å²) in [6, 6.07) is 15.1. The fourth-order valence-corrected chi connectivity index (χ4v) is 3.82. The largest absolute Gasteiger partial charge is 0.497 e. The minimum absolute atomic E-state index is 0.151. The molecule has 3 N–H and O–H groups in total. The quantitative estimate of drug-likeness (QED) is 0.392. The van der Waals surface area contributed by atoms with E-state index >= 15 is 0 Å². The summed E-state index contributed by atoms with van der Waals surface area (Å²) in [4.78, 5) is 36.0. The monoisotopic (exact) mass is 454 g/mol. The Morgan fingerprint density at radius 3 is 2.59 bits per heavy atom. The number of rotatable bonds is 9. The molecule has 0 spiro atoms. The van der Waals surface area contributed by atoms with Crippen molar-refractivity contribution in [3.8, 4) is 5.75 Å². The number of nitrogens with one attached hydrogen (secondary N) is 2. The van der Waals surface area contributed by atoms with Crippen LogP contribution >= 0.6 is 11.8 Å². The second kappa shape index (κ2) is 11.1. The number of carbonyl (C=O) groups is 3. The summed E-state index contributed by atoms with van der Waals surface area (Å²) in [5.41, 5.74) is 1.59. The molecule has 2 atom stereocenters. The van der Waals surface area contributed by atoms with Crippen LogP contribution < -0.4 is 15.4 Å². The number of carbonyl (C=O) groups excluding carboxylic acids is 2. The minimum atomic E-state index is -1.14. The first kappa shape index (κ1) is 23.0. The molecule has 1 heterocycles. The van der Waals surface area contributed by atoms with E-state index in [0.717, 1.165) is 28.6 Å². The summed E-state index contributed by atoms with van der Waals surface area (Å²) >= 11 is 1.08. The summed E-state index contributed by atoms with van der Waals surface area (Å²) < 4.78 is 5.09. The van der Waals surface area contributed by atoms with Gasteiger partial charge in [0.25, 0.3) is 0 Å². The van der Waals surface area contributed by atoms with E-state index in [-0.39, 0.29) is 23.9 Å². The normalized spacial score (nSPS) is 17.8. The van der Waals surface area contributed by atoms with Gasteiger partial charge in [-0.05, 0) is 35.4 Å². The van der Waals surface area contributed by atoms with Gasteiger partial charge >= 0.3 is 5.97 Å². The fourth-order valence-electron chi connectivity index (χ4n) is 2.90. The molecule has 2 amide bonds. The molecule has 0 unspecified atom stereocenters. The van der Waals surface area contributed by atoms with Crippen LogP contribution in [0.3, 0.4) is 0 Å². The maximum absolute atomic E-state index is 12.4. The van der Waals surface area contributed by atoms with E-state index in [9.17, 15) is 19.5 Å². The molecule has 166 valence electrons. The average molecular weight is 455 g/mol. The number of ether oxygens (including phenoxy) is 1. The minimum Gasteiger partial charge on any atom is -0.497 e.